The summed E-state index contributed by atoms with van der Waals surface area (Å²) in [4.78, 5) is 20.7. The van der Waals surface area contributed by atoms with Crippen molar-refractivity contribution < 1.29 is 14.1 Å². The highest BCUT2D eigenvalue weighted by atomic mass is 79.9. The van der Waals surface area contributed by atoms with Gasteiger partial charge in [0.2, 0.25) is 5.95 Å². The Balaban J connectivity index is 2.20. The zero-order chi connectivity index (χ0) is 20.2. The lowest BCUT2D eigenvalue weighted by Crippen LogP contribution is -2.29. The van der Waals surface area contributed by atoms with E-state index in [1.54, 1.807) is 37.4 Å². The normalized spacial score (nSPS) is 15.3. The van der Waals surface area contributed by atoms with Crippen LogP contribution in [0.2, 0.25) is 0 Å². The van der Waals surface area contributed by atoms with Crippen LogP contribution in [0, 0.1) is 0 Å². The predicted octanol–water partition coefficient (Wildman–Crippen LogP) is 2.15. The van der Waals surface area contributed by atoms with Crippen LogP contribution in [0.1, 0.15) is 24.2 Å². The number of aromatic nitrogens is 2. The maximum absolute atomic E-state index is 12.1. The van der Waals surface area contributed by atoms with E-state index in [-0.39, 0.29) is 6.04 Å². The van der Waals surface area contributed by atoms with E-state index in [1.165, 1.54) is 6.26 Å². The molecular weight excluding hydrogens is 434 g/mol. The van der Waals surface area contributed by atoms with Crippen LogP contribution >= 0.6 is 15.9 Å². The Morgan fingerprint density at radius 2 is 2.07 bits per heavy atom. The maximum atomic E-state index is 12.1. The second kappa shape index (κ2) is 8.68. The number of hydrogen-bond acceptors (Lipinski definition) is 7. The third-order valence-corrected chi connectivity index (χ3v) is 4.72. The quantitative estimate of drug-likeness (QED) is 0.472. The second-order valence-electron chi connectivity index (χ2n) is 6.21. The van der Waals surface area contributed by atoms with Crippen LogP contribution in [-0.4, -0.2) is 49.5 Å². The van der Waals surface area contributed by atoms with Crippen molar-refractivity contribution in [2.24, 2.45) is 0 Å². The van der Waals surface area contributed by atoms with Gasteiger partial charge >= 0.3 is 0 Å². The van der Waals surface area contributed by atoms with Crippen LogP contribution in [0.15, 0.2) is 34.9 Å². The minimum Gasteiger partial charge on any atom is -0.391 e. The van der Waals surface area contributed by atoms with Gasteiger partial charge in [-0.3, -0.25) is 9.52 Å². The Morgan fingerprint density at radius 3 is 2.70 bits per heavy atom. The molecular formula is C17H22BrN5O3S. The number of aliphatic hydroxyl groups excluding tert-OH is 1. The maximum Gasteiger partial charge on any atom is 0.262 e. The molecule has 0 aliphatic carbocycles. The van der Waals surface area contributed by atoms with Gasteiger partial charge in [-0.05, 0) is 53.8 Å². The molecule has 3 atom stereocenters. The summed E-state index contributed by atoms with van der Waals surface area (Å²) < 4.78 is 14.7. The van der Waals surface area contributed by atoms with E-state index >= 15 is 0 Å². The van der Waals surface area contributed by atoms with Crippen LogP contribution < -0.4 is 15.4 Å². The Kier molecular flexibility index (Phi) is 6.79. The number of carbonyl (C=O) groups excluding carboxylic acids is 1. The van der Waals surface area contributed by atoms with Crippen molar-refractivity contribution in [2.45, 2.75) is 26.0 Å². The van der Waals surface area contributed by atoms with E-state index < -0.39 is 21.7 Å². The largest absolute Gasteiger partial charge is 0.391 e. The standard InChI is InChI=1S/C17H22BrN5O3S/c1-10(11(2)24)20-15-14(18)9-19-17(22-15)21-13-7-5-6-12(8-13)16(25)23-27(3,4)26/h5-11,24H,3H2,1-2,4H3,(H,23,25,26)(H2,19,20,21,22)/t10-,11-,27?/m1/s1. The van der Waals surface area contributed by atoms with Gasteiger partial charge in [0.25, 0.3) is 5.91 Å². The third kappa shape index (κ3) is 6.49. The van der Waals surface area contributed by atoms with Gasteiger partial charge in [0.05, 0.1) is 16.6 Å². The number of halogens is 1. The van der Waals surface area contributed by atoms with Crippen LogP contribution in [-0.2, 0) is 9.71 Å². The van der Waals surface area contributed by atoms with E-state index in [2.05, 4.69) is 47.1 Å². The van der Waals surface area contributed by atoms with Gasteiger partial charge in [-0.1, -0.05) is 6.07 Å². The molecule has 8 nitrogen and oxygen atoms in total. The van der Waals surface area contributed by atoms with Crippen LogP contribution in [0.5, 0.6) is 0 Å². The number of rotatable bonds is 7. The molecule has 0 spiro atoms. The molecule has 1 aromatic carbocycles. The first-order chi connectivity index (χ1) is 12.5. The van der Waals surface area contributed by atoms with Gasteiger partial charge in [-0.25, -0.2) is 9.19 Å². The molecule has 146 valence electrons. The minimum atomic E-state index is -2.65. The fourth-order valence-corrected chi connectivity index (χ4v) is 2.80. The van der Waals surface area contributed by atoms with Gasteiger partial charge in [0.15, 0.2) is 0 Å². The Labute approximate surface area is 167 Å². The van der Waals surface area contributed by atoms with E-state index in [0.717, 1.165) is 0 Å². The van der Waals surface area contributed by atoms with Crippen molar-refractivity contribution in [1.82, 2.24) is 14.7 Å². The Morgan fingerprint density at radius 1 is 1.37 bits per heavy atom. The highest BCUT2D eigenvalue weighted by Crippen LogP contribution is 2.23. The lowest BCUT2D eigenvalue weighted by molar-refractivity contribution is 0.0983. The molecule has 0 bridgehead atoms. The fourth-order valence-electron chi connectivity index (χ4n) is 1.99. The van der Waals surface area contributed by atoms with Crippen molar-refractivity contribution in [2.75, 3.05) is 16.9 Å². The van der Waals surface area contributed by atoms with Crippen LogP contribution in [0.25, 0.3) is 0 Å². The summed E-state index contributed by atoms with van der Waals surface area (Å²) >= 11 is 3.37. The number of benzene rings is 1. The zero-order valence-electron chi connectivity index (χ0n) is 15.2. The molecule has 27 heavy (non-hydrogen) atoms. The molecule has 2 rings (SSSR count). The molecule has 0 radical (unpaired) electrons. The van der Waals surface area contributed by atoms with Crippen molar-refractivity contribution >= 4 is 54.9 Å². The number of anilines is 3. The molecule has 4 N–H and O–H groups in total. The highest BCUT2D eigenvalue weighted by molar-refractivity contribution is 9.10. The summed E-state index contributed by atoms with van der Waals surface area (Å²) in [7, 11) is -2.65. The summed E-state index contributed by atoms with van der Waals surface area (Å²) in [5.41, 5.74) is 0.919. The van der Waals surface area contributed by atoms with Crippen molar-refractivity contribution in [3.8, 4) is 0 Å². The minimum absolute atomic E-state index is 0.206. The number of nitrogens with one attached hydrogen (secondary N) is 3. The van der Waals surface area contributed by atoms with Crippen molar-refractivity contribution in [3.05, 3.63) is 40.5 Å². The van der Waals surface area contributed by atoms with Crippen LogP contribution in [0.3, 0.4) is 0 Å². The molecule has 2 aromatic rings. The van der Waals surface area contributed by atoms with E-state index in [1.807, 2.05) is 6.92 Å². The van der Waals surface area contributed by atoms with Gasteiger partial charge < -0.3 is 15.7 Å². The number of nitrogens with zero attached hydrogens (tertiary/aromatic N) is 2. The predicted molar refractivity (Wildman–Crippen MR) is 113 cm³/mol. The molecule has 0 aliphatic rings. The number of hydrogen-bond donors (Lipinski definition) is 4. The third-order valence-electron chi connectivity index (χ3n) is 3.52. The molecule has 1 amide bonds. The smallest absolute Gasteiger partial charge is 0.262 e. The molecule has 0 saturated carbocycles. The summed E-state index contributed by atoms with van der Waals surface area (Å²) in [5.74, 6) is 3.77. The number of aliphatic hydroxyl groups is 1. The average molecular weight is 456 g/mol. The van der Waals surface area contributed by atoms with Crippen molar-refractivity contribution in [1.29, 1.82) is 0 Å². The first-order valence-electron chi connectivity index (χ1n) is 8.03. The molecule has 0 saturated heterocycles. The lowest BCUT2D eigenvalue weighted by atomic mass is 10.2. The topological polar surface area (TPSA) is 116 Å². The molecule has 0 fully saturated rings. The lowest BCUT2D eigenvalue weighted by Gasteiger charge is -2.18. The molecule has 0 aliphatic heterocycles. The Bertz CT molecular complexity index is 934. The SMILES string of the molecule is C=S(C)(=O)NC(=O)c1cccc(Nc2ncc(Br)c(N[C@H](C)[C@@H](C)O)n2)c1. The zero-order valence-corrected chi connectivity index (χ0v) is 17.6. The highest BCUT2D eigenvalue weighted by Gasteiger charge is 2.13. The number of amides is 1. The fraction of sp³-hybridized carbons (Fsp3) is 0.294. The molecule has 1 heterocycles. The van der Waals surface area contributed by atoms with E-state index in [9.17, 15) is 14.1 Å². The second-order valence-corrected chi connectivity index (χ2v) is 9.27. The monoisotopic (exact) mass is 455 g/mol. The summed E-state index contributed by atoms with van der Waals surface area (Å²) in [5, 5.41) is 15.8. The summed E-state index contributed by atoms with van der Waals surface area (Å²) in [6.07, 6.45) is 2.38. The van der Waals surface area contributed by atoms with E-state index in [4.69, 9.17) is 0 Å². The summed E-state index contributed by atoms with van der Waals surface area (Å²) in [6, 6.07) is 6.43. The van der Waals surface area contributed by atoms with Gasteiger partial charge in [-0.15, -0.1) is 0 Å². The first kappa shape index (κ1) is 21.1. The van der Waals surface area contributed by atoms with Crippen molar-refractivity contribution in [3.63, 3.8) is 0 Å². The molecule has 1 aromatic heterocycles. The van der Waals surface area contributed by atoms with E-state index in [0.29, 0.717) is 27.5 Å². The first-order valence-corrected chi connectivity index (χ1v) is 11.0. The Hall–Kier alpha value is -2.17. The summed E-state index contributed by atoms with van der Waals surface area (Å²) in [6.45, 7) is 3.52. The molecule has 10 heteroatoms. The van der Waals surface area contributed by atoms with Gasteiger partial charge in [0, 0.05) is 33.4 Å². The average Bonchev–Trinajstić information content (AvgIpc) is 2.56. The molecule has 1 unspecified atom stereocenters. The van der Waals surface area contributed by atoms with Gasteiger partial charge in [-0.2, -0.15) is 4.98 Å². The van der Waals surface area contributed by atoms with Crippen LogP contribution in [0.4, 0.5) is 17.5 Å². The van der Waals surface area contributed by atoms with Gasteiger partial charge in [0.1, 0.15) is 5.82 Å². The number of carbonyl (C=O) groups is 1.